The molecule has 1 aromatic heterocycles. The van der Waals surface area contributed by atoms with E-state index in [-0.39, 0.29) is 24.5 Å². The van der Waals surface area contributed by atoms with Crippen molar-refractivity contribution in [3.05, 3.63) is 35.9 Å². The first-order valence-electron chi connectivity index (χ1n) is 8.31. The second-order valence-corrected chi connectivity index (χ2v) is 6.57. The van der Waals surface area contributed by atoms with Crippen LogP contribution in [0.4, 0.5) is 0 Å². The number of hydrogen-bond donors (Lipinski definition) is 2. The number of hydrogen-bond acceptors (Lipinski definition) is 6. The van der Waals surface area contributed by atoms with Crippen LogP contribution in [0.1, 0.15) is 34.9 Å². The Morgan fingerprint density at radius 2 is 2.20 bits per heavy atom. The molecule has 132 valence electrons. The van der Waals surface area contributed by atoms with Gasteiger partial charge in [0.25, 0.3) is 5.91 Å². The largest absolute Gasteiger partial charge is 0.454 e. The number of aliphatic hydroxyl groups excluding tert-OH is 1. The van der Waals surface area contributed by atoms with E-state index in [2.05, 4.69) is 15.5 Å². The van der Waals surface area contributed by atoms with Gasteiger partial charge in [0.1, 0.15) is 12.2 Å². The van der Waals surface area contributed by atoms with E-state index >= 15 is 0 Å². The molecule has 2 heterocycles. The topological polar surface area (TPSA) is 98.5 Å². The van der Waals surface area contributed by atoms with Gasteiger partial charge in [0.15, 0.2) is 11.5 Å². The monoisotopic (exact) mass is 344 g/mol. The average molecular weight is 344 g/mol. The zero-order valence-electron chi connectivity index (χ0n) is 13.9. The van der Waals surface area contributed by atoms with E-state index in [0.717, 1.165) is 12.2 Å². The molecule has 3 atom stereocenters. The molecular weight excluding hydrogens is 324 g/mol. The number of nitrogens with zero attached hydrogens (tertiary/aromatic N) is 3. The van der Waals surface area contributed by atoms with Gasteiger partial charge in [-0.1, -0.05) is 0 Å². The Labute approximate surface area is 144 Å². The minimum atomic E-state index is -0.459. The van der Waals surface area contributed by atoms with Gasteiger partial charge in [-0.15, -0.1) is 10.2 Å². The van der Waals surface area contributed by atoms with Crippen LogP contribution in [0.5, 0.6) is 11.5 Å². The normalized spacial score (nSPS) is 24.5. The van der Waals surface area contributed by atoms with Crippen molar-refractivity contribution in [2.45, 2.75) is 24.9 Å². The SMILES string of the molecule is Cn1cnnc1[C@H]1C[C@H](CNC(=O)c2ccc3c(c2)OCO3)[C@H](O)C1. The van der Waals surface area contributed by atoms with Crippen molar-refractivity contribution >= 4 is 5.91 Å². The number of carbonyl (C=O) groups is 1. The summed E-state index contributed by atoms with van der Waals surface area (Å²) in [6, 6.07) is 5.10. The van der Waals surface area contributed by atoms with Gasteiger partial charge >= 0.3 is 0 Å². The average Bonchev–Trinajstić information content (AvgIpc) is 3.31. The minimum Gasteiger partial charge on any atom is -0.454 e. The van der Waals surface area contributed by atoms with E-state index in [0.29, 0.717) is 30.0 Å². The summed E-state index contributed by atoms with van der Waals surface area (Å²) in [5.74, 6) is 2.08. The summed E-state index contributed by atoms with van der Waals surface area (Å²) in [7, 11) is 1.90. The van der Waals surface area contributed by atoms with Gasteiger partial charge < -0.3 is 24.5 Å². The fraction of sp³-hybridized carbons (Fsp3) is 0.471. The van der Waals surface area contributed by atoms with Gasteiger partial charge in [-0.25, -0.2) is 0 Å². The maximum Gasteiger partial charge on any atom is 0.251 e. The van der Waals surface area contributed by atoms with Crippen LogP contribution in [0, 0.1) is 5.92 Å². The zero-order chi connectivity index (χ0) is 17.4. The molecule has 8 nitrogen and oxygen atoms in total. The molecule has 1 amide bonds. The quantitative estimate of drug-likeness (QED) is 0.852. The van der Waals surface area contributed by atoms with Crippen LogP contribution in [0.3, 0.4) is 0 Å². The summed E-state index contributed by atoms with van der Waals surface area (Å²) in [6.07, 6.45) is 2.61. The van der Waals surface area contributed by atoms with Crippen molar-refractivity contribution in [3.8, 4) is 11.5 Å². The Kier molecular flexibility index (Phi) is 4.04. The van der Waals surface area contributed by atoms with Gasteiger partial charge in [0.2, 0.25) is 6.79 Å². The molecule has 0 spiro atoms. The van der Waals surface area contributed by atoms with E-state index in [9.17, 15) is 9.90 Å². The molecule has 8 heteroatoms. The summed E-state index contributed by atoms with van der Waals surface area (Å²) in [5.41, 5.74) is 0.515. The number of benzene rings is 1. The highest BCUT2D eigenvalue weighted by atomic mass is 16.7. The van der Waals surface area contributed by atoms with Crippen molar-refractivity contribution in [2.24, 2.45) is 13.0 Å². The number of nitrogens with one attached hydrogen (secondary N) is 1. The van der Waals surface area contributed by atoms with Crippen molar-refractivity contribution in [2.75, 3.05) is 13.3 Å². The lowest BCUT2D eigenvalue weighted by atomic mass is 10.0. The standard InChI is InChI=1S/C17H20N4O4/c1-21-8-19-20-16(21)11-4-12(13(22)5-11)7-18-17(23)10-2-3-14-15(6-10)25-9-24-14/h2-3,6,8,11-13,22H,4-5,7,9H2,1H3,(H,18,23)/t11-,12+,13+/m0/s1. The van der Waals surface area contributed by atoms with E-state index in [1.54, 1.807) is 24.5 Å². The number of aryl methyl sites for hydroxylation is 1. The molecule has 2 aromatic rings. The molecule has 0 saturated heterocycles. The molecule has 0 radical (unpaired) electrons. The van der Waals surface area contributed by atoms with Gasteiger partial charge in [-0.3, -0.25) is 4.79 Å². The van der Waals surface area contributed by atoms with Crippen molar-refractivity contribution in [1.82, 2.24) is 20.1 Å². The van der Waals surface area contributed by atoms with Crippen LogP contribution in [0.15, 0.2) is 24.5 Å². The molecule has 2 N–H and O–H groups in total. The number of carbonyl (C=O) groups excluding carboxylic acids is 1. The van der Waals surface area contributed by atoms with Crippen LogP contribution >= 0.6 is 0 Å². The number of aliphatic hydroxyl groups is 1. The Morgan fingerprint density at radius 3 is 3.00 bits per heavy atom. The van der Waals surface area contributed by atoms with E-state index in [1.165, 1.54) is 0 Å². The van der Waals surface area contributed by atoms with E-state index in [1.807, 2.05) is 11.6 Å². The van der Waals surface area contributed by atoms with Gasteiger partial charge in [-0.05, 0) is 31.0 Å². The summed E-state index contributed by atoms with van der Waals surface area (Å²) in [5, 5.41) is 21.2. The number of fused-ring (bicyclic) bond motifs is 1. The third-order valence-electron chi connectivity index (χ3n) is 4.93. The van der Waals surface area contributed by atoms with Crippen LogP contribution in [0.25, 0.3) is 0 Å². The molecule has 2 aliphatic rings. The Bertz CT molecular complexity index is 791. The van der Waals surface area contributed by atoms with Crippen molar-refractivity contribution in [1.29, 1.82) is 0 Å². The first-order chi connectivity index (χ1) is 12.1. The highest BCUT2D eigenvalue weighted by molar-refractivity contribution is 5.94. The molecule has 1 fully saturated rings. The predicted octanol–water partition coefficient (Wildman–Crippen LogP) is 0.828. The van der Waals surface area contributed by atoms with Gasteiger partial charge in [0, 0.05) is 31.0 Å². The highest BCUT2D eigenvalue weighted by Crippen LogP contribution is 2.37. The maximum absolute atomic E-state index is 12.4. The van der Waals surface area contributed by atoms with Crippen LogP contribution in [-0.4, -0.2) is 45.2 Å². The summed E-state index contributed by atoms with van der Waals surface area (Å²) >= 11 is 0. The molecule has 4 rings (SSSR count). The fourth-order valence-electron chi connectivity index (χ4n) is 3.56. The molecule has 1 aromatic carbocycles. The highest BCUT2D eigenvalue weighted by Gasteiger charge is 2.36. The Balaban J connectivity index is 1.36. The second kappa shape index (κ2) is 6.36. The van der Waals surface area contributed by atoms with E-state index < -0.39 is 6.10 Å². The second-order valence-electron chi connectivity index (χ2n) is 6.57. The fourth-order valence-corrected chi connectivity index (χ4v) is 3.56. The van der Waals surface area contributed by atoms with Gasteiger partial charge in [-0.2, -0.15) is 0 Å². The molecular formula is C17H20N4O4. The first kappa shape index (κ1) is 15.9. The summed E-state index contributed by atoms with van der Waals surface area (Å²) in [4.78, 5) is 12.4. The lowest BCUT2D eigenvalue weighted by Gasteiger charge is -2.15. The lowest BCUT2D eigenvalue weighted by molar-refractivity contribution is 0.0916. The van der Waals surface area contributed by atoms with Crippen molar-refractivity contribution in [3.63, 3.8) is 0 Å². The Hall–Kier alpha value is -2.61. The lowest BCUT2D eigenvalue weighted by Crippen LogP contribution is -2.32. The van der Waals surface area contributed by atoms with E-state index in [4.69, 9.17) is 9.47 Å². The zero-order valence-corrected chi connectivity index (χ0v) is 13.9. The first-order valence-corrected chi connectivity index (χ1v) is 8.31. The molecule has 1 saturated carbocycles. The Morgan fingerprint density at radius 1 is 1.36 bits per heavy atom. The molecule has 0 unspecified atom stereocenters. The molecule has 1 aliphatic heterocycles. The molecule has 0 bridgehead atoms. The number of ether oxygens (including phenoxy) is 2. The summed E-state index contributed by atoms with van der Waals surface area (Å²) < 4.78 is 12.4. The van der Waals surface area contributed by atoms with Crippen LogP contribution < -0.4 is 14.8 Å². The van der Waals surface area contributed by atoms with Crippen LogP contribution in [-0.2, 0) is 7.05 Å². The van der Waals surface area contributed by atoms with Crippen LogP contribution in [0.2, 0.25) is 0 Å². The number of amides is 1. The number of aromatic nitrogens is 3. The smallest absolute Gasteiger partial charge is 0.251 e. The van der Waals surface area contributed by atoms with Gasteiger partial charge in [0.05, 0.1) is 6.10 Å². The third-order valence-corrected chi connectivity index (χ3v) is 4.93. The maximum atomic E-state index is 12.4. The third kappa shape index (κ3) is 3.05. The number of rotatable bonds is 4. The summed E-state index contributed by atoms with van der Waals surface area (Å²) in [6.45, 7) is 0.598. The molecule has 25 heavy (non-hydrogen) atoms. The minimum absolute atomic E-state index is 0.000314. The molecule has 1 aliphatic carbocycles. The van der Waals surface area contributed by atoms with Crippen molar-refractivity contribution < 1.29 is 19.4 Å². The predicted molar refractivity (Wildman–Crippen MR) is 87.4 cm³/mol.